The highest BCUT2D eigenvalue weighted by molar-refractivity contribution is 9.10. The monoisotopic (exact) mass is 319 g/mol. The van der Waals surface area contributed by atoms with Crippen molar-refractivity contribution < 1.29 is 5.11 Å². The van der Waals surface area contributed by atoms with E-state index in [1.165, 1.54) is 11.1 Å². The molecule has 3 heteroatoms. The van der Waals surface area contributed by atoms with Crippen molar-refractivity contribution in [2.45, 2.75) is 26.9 Å². The molecule has 0 saturated carbocycles. The molecule has 0 radical (unpaired) electrons. The number of hydrogen-bond acceptors (Lipinski definition) is 2. The number of nitrogens with two attached hydrogens (primary N) is 1. The van der Waals surface area contributed by atoms with E-state index in [0.29, 0.717) is 5.69 Å². The Balaban J connectivity index is 2.52. The first-order chi connectivity index (χ1) is 8.90. The predicted molar refractivity (Wildman–Crippen MR) is 83.3 cm³/mol. The van der Waals surface area contributed by atoms with Crippen LogP contribution in [0, 0.1) is 20.8 Å². The van der Waals surface area contributed by atoms with Crippen LogP contribution < -0.4 is 5.73 Å². The van der Waals surface area contributed by atoms with Gasteiger partial charge in [-0.15, -0.1) is 0 Å². The standard InChI is InChI=1S/C16H18BrNO/c1-9-6-11(3)13(7-10(9)2)16(19)14-8-12(17)4-5-15(14)18/h4-8,16,19H,18H2,1-3H3. The van der Waals surface area contributed by atoms with E-state index in [-0.39, 0.29) is 0 Å². The van der Waals surface area contributed by atoms with Gasteiger partial charge in [-0.05, 0) is 61.2 Å². The third-order valence-corrected chi connectivity index (χ3v) is 4.01. The zero-order valence-electron chi connectivity index (χ0n) is 11.4. The maximum Gasteiger partial charge on any atom is 0.106 e. The minimum Gasteiger partial charge on any atom is -0.398 e. The first-order valence-corrected chi connectivity index (χ1v) is 7.00. The summed E-state index contributed by atoms with van der Waals surface area (Å²) in [5.41, 5.74) is 11.7. The smallest absolute Gasteiger partial charge is 0.106 e. The topological polar surface area (TPSA) is 46.2 Å². The highest BCUT2D eigenvalue weighted by atomic mass is 79.9. The number of aliphatic hydroxyl groups is 1. The quantitative estimate of drug-likeness (QED) is 0.821. The summed E-state index contributed by atoms with van der Waals surface area (Å²) < 4.78 is 0.914. The van der Waals surface area contributed by atoms with Gasteiger partial charge in [0, 0.05) is 15.7 Å². The number of nitrogen functional groups attached to an aromatic ring is 1. The molecule has 2 aromatic rings. The number of aliphatic hydroxyl groups excluding tert-OH is 1. The summed E-state index contributed by atoms with van der Waals surface area (Å²) in [7, 11) is 0. The van der Waals surface area contributed by atoms with Crippen molar-refractivity contribution >= 4 is 21.6 Å². The van der Waals surface area contributed by atoms with Crippen LogP contribution in [0.25, 0.3) is 0 Å². The Hall–Kier alpha value is -1.32. The van der Waals surface area contributed by atoms with Gasteiger partial charge in [-0.1, -0.05) is 28.1 Å². The molecule has 0 bridgehead atoms. The second-order valence-corrected chi connectivity index (χ2v) is 5.88. The van der Waals surface area contributed by atoms with Gasteiger partial charge in [-0.2, -0.15) is 0 Å². The number of aryl methyl sites for hydroxylation is 3. The maximum absolute atomic E-state index is 10.6. The summed E-state index contributed by atoms with van der Waals surface area (Å²) in [4.78, 5) is 0. The summed E-state index contributed by atoms with van der Waals surface area (Å²) in [6.45, 7) is 6.14. The lowest BCUT2D eigenvalue weighted by molar-refractivity contribution is 0.220. The number of benzene rings is 2. The van der Waals surface area contributed by atoms with Crippen LogP contribution in [0.4, 0.5) is 5.69 Å². The molecule has 0 aromatic heterocycles. The molecule has 100 valence electrons. The van der Waals surface area contributed by atoms with Gasteiger partial charge in [-0.3, -0.25) is 0 Å². The van der Waals surface area contributed by atoms with Crippen LogP contribution in [0.1, 0.15) is 33.9 Å². The fourth-order valence-corrected chi connectivity index (χ4v) is 2.61. The van der Waals surface area contributed by atoms with E-state index >= 15 is 0 Å². The van der Waals surface area contributed by atoms with E-state index in [4.69, 9.17) is 5.73 Å². The first-order valence-electron chi connectivity index (χ1n) is 6.21. The SMILES string of the molecule is Cc1cc(C)c(C(O)c2cc(Br)ccc2N)cc1C. The van der Waals surface area contributed by atoms with Crippen LogP contribution in [-0.4, -0.2) is 5.11 Å². The summed E-state index contributed by atoms with van der Waals surface area (Å²) >= 11 is 3.42. The number of halogens is 1. The molecular formula is C16H18BrNO. The van der Waals surface area contributed by atoms with E-state index in [9.17, 15) is 5.11 Å². The highest BCUT2D eigenvalue weighted by Gasteiger charge is 2.16. The van der Waals surface area contributed by atoms with E-state index in [1.54, 1.807) is 6.07 Å². The van der Waals surface area contributed by atoms with E-state index in [0.717, 1.165) is 21.2 Å². The number of rotatable bonds is 2. The van der Waals surface area contributed by atoms with Gasteiger partial charge in [0.15, 0.2) is 0 Å². The third-order valence-electron chi connectivity index (χ3n) is 3.52. The zero-order valence-corrected chi connectivity index (χ0v) is 13.0. The molecule has 0 heterocycles. The lowest BCUT2D eigenvalue weighted by Crippen LogP contribution is -2.06. The molecule has 3 N–H and O–H groups in total. The minimum absolute atomic E-state index is 0.605. The van der Waals surface area contributed by atoms with Crippen LogP contribution in [0.15, 0.2) is 34.8 Å². The zero-order chi connectivity index (χ0) is 14.2. The summed E-state index contributed by atoms with van der Waals surface area (Å²) in [5, 5.41) is 10.6. The van der Waals surface area contributed by atoms with Crippen LogP contribution >= 0.6 is 15.9 Å². The minimum atomic E-state index is -0.697. The van der Waals surface area contributed by atoms with Gasteiger partial charge in [-0.25, -0.2) is 0 Å². The van der Waals surface area contributed by atoms with Gasteiger partial charge >= 0.3 is 0 Å². The second-order valence-electron chi connectivity index (χ2n) is 4.97. The largest absolute Gasteiger partial charge is 0.398 e. The predicted octanol–water partition coefficient (Wildman–Crippen LogP) is 4.04. The Labute approximate surface area is 122 Å². The van der Waals surface area contributed by atoms with Crippen LogP contribution in [0.3, 0.4) is 0 Å². The second kappa shape index (κ2) is 5.35. The normalized spacial score (nSPS) is 12.5. The van der Waals surface area contributed by atoms with Crippen molar-refractivity contribution in [3.8, 4) is 0 Å². The molecular weight excluding hydrogens is 302 g/mol. The van der Waals surface area contributed by atoms with Gasteiger partial charge < -0.3 is 10.8 Å². The van der Waals surface area contributed by atoms with Crippen molar-refractivity contribution in [2.24, 2.45) is 0 Å². The highest BCUT2D eigenvalue weighted by Crippen LogP contribution is 2.32. The van der Waals surface area contributed by atoms with E-state index < -0.39 is 6.10 Å². The average Bonchev–Trinajstić information content (AvgIpc) is 2.36. The Morgan fingerprint density at radius 1 is 0.947 bits per heavy atom. The van der Waals surface area contributed by atoms with Gasteiger partial charge in [0.2, 0.25) is 0 Å². The molecule has 2 rings (SSSR count). The Morgan fingerprint density at radius 2 is 1.58 bits per heavy atom. The van der Waals surface area contributed by atoms with Crippen molar-refractivity contribution in [2.75, 3.05) is 5.73 Å². The van der Waals surface area contributed by atoms with Gasteiger partial charge in [0.25, 0.3) is 0 Å². The molecule has 1 unspecified atom stereocenters. The van der Waals surface area contributed by atoms with Crippen LogP contribution in [0.5, 0.6) is 0 Å². The number of hydrogen-bond donors (Lipinski definition) is 2. The Bertz CT molecular complexity index is 622. The molecule has 2 aromatic carbocycles. The fraction of sp³-hybridized carbons (Fsp3) is 0.250. The molecule has 0 spiro atoms. The van der Waals surface area contributed by atoms with Crippen molar-refractivity contribution in [3.05, 3.63) is 62.6 Å². The molecule has 0 amide bonds. The van der Waals surface area contributed by atoms with E-state index in [2.05, 4.69) is 35.8 Å². The summed E-state index contributed by atoms with van der Waals surface area (Å²) in [5.74, 6) is 0. The Kier molecular flexibility index (Phi) is 3.97. The lowest BCUT2D eigenvalue weighted by atomic mass is 9.93. The fourth-order valence-electron chi connectivity index (χ4n) is 2.23. The maximum atomic E-state index is 10.6. The van der Waals surface area contributed by atoms with Gasteiger partial charge in [0.1, 0.15) is 6.10 Å². The molecule has 1 atom stereocenters. The van der Waals surface area contributed by atoms with Crippen molar-refractivity contribution in [1.29, 1.82) is 0 Å². The molecule has 0 fully saturated rings. The Morgan fingerprint density at radius 3 is 2.26 bits per heavy atom. The molecule has 2 nitrogen and oxygen atoms in total. The molecule has 0 aliphatic rings. The van der Waals surface area contributed by atoms with Gasteiger partial charge in [0.05, 0.1) is 0 Å². The summed E-state index contributed by atoms with van der Waals surface area (Å²) in [6, 6.07) is 9.68. The van der Waals surface area contributed by atoms with Crippen molar-refractivity contribution in [1.82, 2.24) is 0 Å². The molecule has 19 heavy (non-hydrogen) atoms. The van der Waals surface area contributed by atoms with Crippen LogP contribution in [-0.2, 0) is 0 Å². The molecule has 0 aliphatic heterocycles. The van der Waals surface area contributed by atoms with Crippen molar-refractivity contribution in [3.63, 3.8) is 0 Å². The first kappa shape index (κ1) is 14.1. The molecule has 0 saturated heterocycles. The lowest BCUT2D eigenvalue weighted by Gasteiger charge is -2.18. The van der Waals surface area contributed by atoms with E-state index in [1.807, 2.05) is 25.1 Å². The average molecular weight is 320 g/mol. The molecule has 0 aliphatic carbocycles. The number of anilines is 1. The third kappa shape index (κ3) is 2.82. The summed E-state index contributed by atoms with van der Waals surface area (Å²) in [6.07, 6.45) is -0.697. The van der Waals surface area contributed by atoms with Crippen LogP contribution in [0.2, 0.25) is 0 Å².